The van der Waals surface area contributed by atoms with Crippen LogP contribution in [0.2, 0.25) is 5.02 Å². The molecule has 3 aromatic rings. The van der Waals surface area contributed by atoms with Gasteiger partial charge >= 0.3 is 0 Å². The Morgan fingerprint density at radius 3 is 2.70 bits per heavy atom. The predicted octanol–water partition coefficient (Wildman–Crippen LogP) is 4.36. The number of aromatic nitrogens is 3. The van der Waals surface area contributed by atoms with Crippen LogP contribution in [-0.2, 0) is 4.79 Å². The zero-order valence-electron chi connectivity index (χ0n) is 15.0. The van der Waals surface area contributed by atoms with Crippen LogP contribution >= 0.6 is 23.4 Å². The molecule has 0 spiro atoms. The Hall–Kier alpha value is -2.51. The maximum absolute atomic E-state index is 12.3. The van der Waals surface area contributed by atoms with E-state index in [-0.39, 0.29) is 11.7 Å². The monoisotopic (exact) mass is 402 g/mol. The number of carbonyl (C=O) groups excluding carboxylic acids is 1. The van der Waals surface area contributed by atoms with Gasteiger partial charge < -0.3 is 10.1 Å². The highest BCUT2D eigenvalue weighted by molar-refractivity contribution is 7.99. The number of thioether (sulfide) groups is 1. The largest absolute Gasteiger partial charge is 0.494 e. The minimum absolute atomic E-state index is 0.123. The third-order valence-corrected chi connectivity index (χ3v) is 4.81. The minimum atomic E-state index is -0.123. The van der Waals surface area contributed by atoms with Gasteiger partial charge in [-0.05, 0) is 56.3 Å². The molecule has 1 aromatic heterocycles. The van der Waals surface area contributed by atoms with Crippen LogP contribution in [-0.4, -0.2) is 33.0 Å². The molecule has 1 heterocycles. The second-order valence-electron chi connectivity index (χ2n) is 5.64. The second kappa shape index (κ2) is 8.92. The van der Waals surface area contributed by atoms with E-state index in [1.54, 1.807) is 0 Å². The van der Waals surface area contributed by atoms with Crippen molar-refractivity contribution < 1.29 is 9.53 Å². The van der Waals surface area contributed by atoms with E-state index in [2.05, 4.69) is 15.5 Å². The first-order valence-electron chi connectivity index (χ1n) is 8.40. The average Bonchev–Trinajstić information content (AvgIpc) is 3.02. The highest BCUT2D eigenvalue weighted by atomic mass is 35.5. The van der Waals surface area contributed by atoms with Gasteiger partial charge in [0.15, 0.2) is 5.16 Å². The maximum Gasteiger partial charge on any atom is 0.234 e. The second-order valence-corrected chi connectivity index (χ2v) is 7.02. The van der Waals surface area contributed by atoms with Crippen LogP contribution in [0.15, 0.2) is 53.7 Å². The van der Waals surface area contributed by atoms with Crippen LogP contribution in [0, 0.1) is 6.92 Å². The molecule has 0 aliphatic rings. The Morgan fingerprint density at radius 1 is 1.22 bits per heavy atom. The molecule has 0 aliphatic heterocycles. The first-order chi connectivity index (χ1) is 13.1. The van der Waals surface area contributed by atoms with Gasteiger partial charge in [0, 0.05) is 10.7 Å². The molecule has 140 valence electrons. The van der Waals surface area contributed by atoms with Gasteiger partial charge in [-0.1, -0.05) is 29.4 Å². The lowest BCUT2D eigenvalue weighted by atomic mass is 10.3. The Bertz CT molecular complexity index is 928. The van der Waals surface area contributed by atoms with Crippen LogP contribution in [0.4, 0.5) is 5.69 Å². The van der Waals surface area contributed by atoms with E-state index in [9.17, 15) is 4.79 Å². The fourth-order valence-electron chi connectivity index (χ4n) is 2.48. The summed E-state index contributed by atoms with van der Waals surface area (Å²) in [7, 11) is 0. The summed E-state index contributed by atoms with van der Waals surface area (Å²) in [4.78, 5) is 12.3. The fraction of sp³-hybridized carbons (Fsp3) is 0.211. The molecule has 27 heavy (non-hydrogen) atoms. The summed E-state index contributed by atoms with van der Waals surface area (Å²) in [6.07, 6.45) is 0. The number of benzene rings is 2. The average molecular weight is 403 g/mol. The first-order valence-corrected chi connectivity index (χ1v) is 9.76. The molecule has 0 fully saturated rings. The number of rotatable bonds is 7. The van der Waals surface area contributed by atoms with Crippen LogP contribution in [0.3, 0.4) is 0 Å². The zero-order chi connectivity index (χ0) is 19.2. The van der Waals surface area contributed by atoms with Crippen molar-refractivity contribution in [1.29, 1.82) is 0 Å². The molecule has 1 N–H and O–H groups in total. The van der Waals surface area contributed by atoms with Crippen molar-refractivity contribution >= 4 is 35.0 Å². The quantitative estimate of drug-likeness (QED) is 0.594. The number of hydrogen-bond donors (Lipinski definition) is 1. The third-order valence-electron chi connectivity index (χ3n) is 3.64. The van der Waals surface area contributed by atoms with Crippen molar-refractivity contribution in [2.24, 2.45) is 0 Å². The minimum Gasteiger partial charge on any atom is -0.494 e. The van der Waals surface area contributed by atoms with Gasteiger partial charge in [-0.15, -0.1) is 10.2 Å². The Kier molecular flexibility index (Phi) is 6.36. The molecule has 0 saturated carbocycles. The topological polar surface area (TPSA) is 69.0 Å². The van der Waals surface area contributed by atoms with Crippen LogP contribution in [0.5, 0.6) is 5.75 Å². The molecule has 0 radical (unpaired) electrons. The molecule has 0 unspecified atom stereocenters. The number of carbonyl (C=O) groups is 1. The SMILES string of the molecule is CCOc1ccc(NC(=O)CSc2nnc(C)n2-c2cccc(Cl)c2)cc1. The molecular weight excluding hydrogens is 384 g/mol. The standard InChI is InChI=1S/C19H19ClN4O2S/c1-3-26-17-9-7-15(8-10-17)21-18(25)12-27-19-23-22-13(2)24(19)16-6-4-5-14(20)11-16/h4-11H,3,12H2,1-2H3,(H,21,25). The van der Waals surface area contributed by atoms with Gasteiger partial charge in [-0.3, -0.25) is 9.36 Å². The molecule has 3 rings (SSSR count). The molecule has 0 atom stereocenters. The summed E-state index contributed by atoms with van der Waals surface area (Å²) in [5.74, 6) is 1.59. The number of amides is 1. The van der Waals surface area contributed by atoms with E-state index < -0.39 is 0 Å². The zero-order valence-corrected chi connectivity index (χ0v) is 16.5. The molecule has 1 amide bonds. The molecule has 8 heteroatoms. The summed E-state index contributed by atoms with van der Waals surface area (Å²) in [6, 6.07) is 14.7. The predicted molar refractivity (Wildman–Crippen MR) is 108 cm³/mol. The third kappa shape index (κ3) is 5.02. The lowest BCUT2D eigenvalue weighted by Crippen LogP contribution is -2.14. The normalized spacial score (nSPS) is 10.6. The molecule has 0 aliphatic carbocycles. The van der Waals surface area contributed by atoms with Crippen molar-refractivity contribution in [3.05, 3.63) is 59.4 Å². The van der Waals surface area contributed by atoms with E-state index in [1.165, 1.54) is 11.8 Å². The summed E-state index contributed by atoms with van der Waals surface area (Å²) in [5, 5.41) is 12.4. The van der Waals surface area contributed by atoms with Crippen molar-refractivity contribution in [2.75, 3.05) is 17.7 Å². The van der Waals surface area contributed by atoms with E-state index in [1.807, 2.05) is 66.9 Å². The first kappa shape index (κ1) is 19.3. The lowest BCUT2D eigenvalue weighted by molar-refractivity contribution is -0.113. The summed E-state index contributed by atoms with van der Waals surface area (Å²) < 4.78 is 7.27. The number of ether oxygens (including phenoxy) is 1. The van der Waals surface area contributed by atoms with Gasteiger partial charge in [0.1, 0.15) is 11.6 Å². The number of anilines is 1. The van der Waals surface area contributed by atoms with Gasteiger partial charge in [0.25, 0.3) is 0 Å². The van der Waals surface area contributed by atoms with Crippen molar-refractivity contribution in [2.45, 2.75) is 19.0 Å². The summed E-state index contributed by atoms with van der Waals surface area (Å²) in [5.41, 5.74) is 1.58. The molecular formula is C19H19ClN4O2S. The van der Waals surface area contributed by atoms with Gasteiger partial charge in [0.2, 0.25) is 5.91 Å². The van der Waals surface area contributed by atoms with Crippen molar-refractivity contribution in [3.8, 4) is 11.4 Å². The lowest BCUT2D eigenvalue weighted by Gasteiger charge is -2.09. The number of aryl methyl sites for hydroxylation is 1. The number of hydrogen-bond acceptors (Lipinski definition) is 5. The molecule has 6 nitrogen and oxygen atoms in total. The fourth-order valence-corrected chi connectivity index (χ4v) is 3.46. The number of halogens is 1. The highest BCUT2D eigenvalue weighted by Crippen LogP contribution is 2.24. The number of nitrogens with zero attached hydrogens (tertiary/aromatic N) is 3. The summed E-state index contributed by atoms with van der Waals surface area (Å²) >= 11 is 7.40. The van der Waals surface area contributed by atoms with Gasteiger partial charge in [-0.25, -0.2) is 0 Å². The van der Waals surface area contributed by atoms with Crippen LogP contribution < -0.4 is 10.1 Å². The van der Waals surface area contributed by atoms with Crippen LogP contribution in [0.25, 0.3) is 5.69 Å². The highest BCUT2D eigenvalue weighted by Gasteiger charge is 2.14. The van der Waals surface area contributed by atoms with E-state index in [0.717, 1.165) is 22.9 Å². The van der Waals surface area contributed by atoms with E-state index in [4.69, 9.17) is 16.3 Å². The van der Waals surface area contributed by atoms with Crippen molar-refractivity contribution in [1.82, 2.24) is 14.8 Å². The van der Waals surface area contributed by atoms with E-state index >= 15 is 0 Å². The van der Waals surface area contributed by atoms with Gasteiger partial charge in [0.05, 0.1) is 18.0 Å². The van der Waals surface area contributed by atoms with Gasteiger partial charge in [-0.2, -0.15) is 0 Å². The molecule has 0 bridgehead atoms. The summed E-state index contributed by atoms with van der Waals surface area (Å²) in [6.45, 7) is 4.39. The number of nitrogens with one attached hydrogen (secondary N) is 1. The Labute approximate surface area is 166 Å². The van der Waals surface area contributed by atoms with Crippen molar-refractivity contribution in [3.63, 3.8) is 0 Å². The van der Waals surface area contributed by atoms with Crippen LogP contribution in [0.1, 0.15) is 12.7 Å². The molecule has 0 saturated heterocycles. The smallest absolute Gasteiger partial charge is 0.234 e. The Balaban J connectivity index is 1.64. The Morgan fingerprint density at radius 2 is 2.00 bits per heavy atom. The van der Waals surface area contributed by atoms with E-state index in [0.29, 0.717) is 16.8 Å². The molecule has 2 aromatic carbocycles. The maximum atomic E-state index is 12.3.